The number of hydrogen-bond donors (Lipinski definition) is 1. The summed E-state index contributed by atoms with van der Waals surface area (Å²) >= 11 is 0. The maximum atomic E-state index is 12.7. The van der Waals surface area contributed by atoms with Crippen molar-refractivity contribution in [2.24, 2.45) is 5.92 Å². The zero-order valence-electron chi connectivity index (χ0n) is 15.3. The van der Waals surface area contributed by atoms with E-state index >= 15 is 0 Å². The van der Waals surface area contributed by atoms with Gasteiger partial charge in [-0.25, -0.2) is 8.42 Å². The maximum Gasteiger partial charge on any atom is 0.501 e. The summed E-state index contributed by atoms with van der Waals surface area (Å²) in [7, 11) is -5.69. The second-order valence-corrected chi connectivity index (χ2v) is 9.22. The van der Waals surface area contributed by atoms with Gasteiger partial charge in [0, 0.05) is 31.1 Å². The molecule has 1 aromatic rings. The fraction of sp³-hybridized carbons (Fsp3) is 0.588. The third-order valence-corrected chi connectivity index (χ3v) is 6.83. The number of nitrogens with one attached hydrogen (secondary N) is 1. The van der Waals surface area contributed by atoms with Crippen LogP contribution in [0.2, 0.25) is 0 Å². The molecule has 29 heavy (non-hydrogen) atoms. The number of amides is 1. The molecule has 1 heterocycles. The Balaban J connectivity index is 1.76. The number of nitro groups is 1. The Morgan fingerprint density at radius 3 is 2.45 bits per heavy atom. The van der Waals surface area contributed by atoms with Crippen LogP contribution in [0.5, 0.6) is 0 Å². The van der Waals surface area contributed by atoms with Gasteiger partial charge in [0.1, 0.15) is 5.69 Å². The number of benzene rings is 1. The summed E-state index contributed by atoms with van der Waals surface area (Å²) in [5.41, 5.74) is -6.41. The van der Waals surface area contributed by atoms with E-state index in [2.05, 4.69) is 5.32 Å². The second kappa shape index (κ2) is 7.81. The van der Waals surface area contributed by atoms with Crippen LogP contribution >= 0.6 is 0 Å². The van der Waals surface area contributed by atoms with Gasteiger partial charge in [-0.3, -0.25) is 14.9 Å². The van der Waals surface area contributed by atoms with Crippen molar-refractivity contribution in [3.8, 4) is 0 Å². The van der Waals surface area contributed by atoms with E-state index in [1.54, 1.807) is 4.90 Å². The predicted octanol–water partition coefficient (Wildman–Crippen LogP) is 3.09. The van der Waals surface area contributed by atoms with Gasteiger partial charge in [-0.2, -0.15) is 13.2 Å². The molecule has 0 spiro atoms. The van der Waals surface area contributed by atoms with E-state index in [-0.39, 0.29) is 23.6 Å². The molecule has 160 valence electrons. The molecule has 1 aromatic carbocycles. The average Bonchev–Trinajstić information content (AvgIpc) is 3.32. The van der Waals surface area contributed by atoms with Crippen LogP contribution in [0.3, 0.4) is 0 Å². The Hall–Kier alpha value is -2.37. The molecule has 1 saturated carbocycles. The molecule has 12 heteroatoms. The minimum atomic E-state index is -5.69. The SMILES string of the molecule is O=C(C1CCCC1)N1CCC(Nc2ccc(S(=O)(=O)C(F)(F)F)cc2[N+](=O)[O-])C1. The molecule has 1 atom stereocenters. The van der Waals surface area contributed by atoms with E-state index < -0.39 is 30.9 Å². The summed E-state index contributed by atoms with van der Waals surface area (Å²) in [6.45, 7) is 0.816. The number of nitro benzene ring substituents is 1. The minimum absolute atomic E-state index is 0.00921. The molecule has 2 aliphatic rings. The first-order valence-corrected chi connectivity index (χ1v) is 10.6. The van der Waals surface area contributed by atoms with Crippen LogP contribution in [-0.4, -0.2) is 48.8 Å². The fourth-order valence-corrected chi connectivity index (χ4v) is 4.60. The van der Waals surface area contributed by atoms with E-state index in [1.807, 2.05) is 0 Å². The molecule has 1 N–H and O–H groups in total. The number of halogens is 3. The highest BCUT2D eigenvalue weighted by atomic mass is 32.2. The predicted molar refractivity (Wildman–Crippen MR) is 96.9 cm³/mol. The van der Waals surface area contributed by atoms with Crippen molar-refractivity contribution < 1.29 is 31.3 Å². The molecule has 2 fully saturated rings. The highest BCUT2D eigenvalue weighted by Crippen LogP contribution is 2.35. The molecule has 1 amide bonds. The maximum absolute atomic E-state index is 12.7. The van der Waals surface area contributed by atoms with E-state index in [1.165, 1.54) is 0 Å². The summed E-state index contributed by atoms with van der Waals surface area (Å²) in [6.07, 6.45) is 4.27. The second-order valence-electron chi connectivity index (χ2n) is 7.28. The zero-order chi connectivity index (χ0) is 21.4. The number of carbonyl (C=O) groups is 1. The summed E-state index contributed by atoms with van der Waals surface area (Å²) in [5, 5.41) is 14.2. The number of nitrogens with zero attached hydrogens (tertiary/aromatic N) is 2. The van der Waals surface area contributed by atoms with Gasteiger partial charge >= 0.3 is 5.51 Å². The van der Waals surface area contributed by atoms with Gasteiger partial charge in [-0.1, -0.05) is 12.8 Å². The minimum Gasteiger partial charge on any atom is -0.375 e. The lowest BCUT2D eigenvalue weighted by Gasteiger charge is -2.21. The van der Waals surface area contributed by atoms with E-state index in [0.717, 1.165) is 31.7 Å². The Morgan fingerprint density at radius 1 is 1.21 bits per heavy atom. The lowest BCUT2D eigenvalue weighted by atomic mass is 10.1. The van der Waals surface area contributed by atoms with Crippen molar-refractivity contribution in [1.82, 2.24) is 4.90 Å². The molecule has 8 nitrogen and oxygen atoms in total. The highest BCUT2D eigenvalue weighted by Gasteiger charge is 2.47. The third-order valence-electron chi connectivity index (χ3n) is 5.34. The Morgan fingerprint density at radius 2 is 1.86 bits per heavy atom. The first kappa shape index (κ1) is 21.3. The number of anilines is 1. The van der Waals surface area contributed by atoms with Crippen LogP contribution < -0.4 is 5.32 Å². The van der Waals surface area contributed by atoms with Crippen molar-refractivity contribution in [3.63, 3.8) is 0 Å². The lowest BCUT2D eigenvalue weighted by Crippen LogP contribution is -2.35. The van der Waals surface area contributed by atoms with Gasteiger partial charge in [-0.05, 0) is 31.4 Å². The van der Waals surface area contributed by atoms with Gasteiger partial charge in [0.15, 0.2) is 0 Å². The Bertz CT molecular complexity index is 913. The number of carbonyl (C=O) groups excluding carboxylic acids is 1. The van der Waals surface area contributed by atoms with E-state index in [4.69, 9.17) is 0 Å². The van der Waals surface area contributed by atoms with E-state index in [0.29, 0.717) is 31.6 Å². The molecular formula is C17H20F3N3O5S. The van der Waals surface area contributed by atoms with Crippen LogP contribution in [-0.2, 0) is 14.6 Å². The molecule has 1 aliphatic heterocycles. The van der Waals surface area contributed by atoms with Crippen LogP contribution in [0.1, 0.15) is 32.1 Å². The fourth-order valence-electron chi connectivity index (χ4n) is 3.81. The zero-order valence-corrected chi connectivity index (χ0v) is 16.1. The highest BCUT2D eigenvalue weighted by molar-refractivity contribution is 7.92. The van der Waals surface area contributed by atoms with Crippen molar-refractivity contribution in [3.05, 3.63) is 28.3 Å². The first-order valence-electron chi connectivity index (χ1n) is 9.16. The monoisotopic (exact) mass is 435 g/mol. The van der Waals surface area contributed by atoms with Gasteiger partial charge in [0.25, 0.3) is 15.5 Å². The van der Waals surface area contributed by atoms with E-state index in [9.17, 15) is 36.5 Å². The Kier molecular flexibility index (Phi) is 5.74. The molecule has 0 aromatic heterocycles. The van der Waals surface area contributed by atoms with Gasteiger partial charge in [0.2, 0.25) is 5.91 Å². The molecule has 1 saturated heterocycles. The molecule has 0 bridgehead atoms. The van der Waals surface area contributed by atoms with Crippen LogP contribution in [0.25, 0.3) is 0 Å². The number of likely N-dealkylation sites (tertiary alicyclic amines) is 1. The van der Waals surface area contributed by atoms with Crippen LogP contribution in [0.15, 0.2) is 23.1 Å². The quantitative estimate of drug-likeness (QED) is 0.562. The summed E-state index contributed by atoms with van der Waals surface area (Å²) in [4.78, 5) is 23.4. The summed E-state index contributed by atoms with van der Waals surface area (Å²) < 4.78 is 61.2. The molecule has 1 aliphatic carbocycles. The molecule has 1 unspecified atom stereocenters. The molecule has 3 rings (SSSR count). The molecular weight excluding hydrogens is 415 g/mol. The average molecular weight is 435 g/mol. The summed E-state index contributed by atoms with van der Waals surface area (Å²) in [6, 6.07) is 1.73. The first-order chi connectivity index (χ1) is 13.5. The standard InChI is InChI=1S/C17H20F3N3O5S/c18-17(19,20)29(27,28)13-5-6-14(15(9-13)23(25)26)21-12-7-8-22(10-12)16(24)11-3-1-2-4-11/h5-6,9,11-12,21H,1-4,7-8,10H2. The normalized spacial score (nSPS) is 20.8. The van der Waals surface area contributed by atoms with Gasteiger partial charge in [0.05, 0.1) is 9.82 Å². The van der Waals surface area contributed by atoms with Gasteiger partial charge < -0.3 is 10.2 Å². The largest absolute Gasteiger partial charge is 0.501 e. The number of hydrogen-bond acceptors (Lipinski definition) is 6. The van der Waals surface area contributed by atoms with Crippen molar-refractivity contribution in [1.29, 1.82) is 0 Å². The van der Waals surface area contributed by atoms with Crippen molar-refractivity contribution in [2.75, 3.05) is 18.4 Å². The molecule has 0 radical (unpaired) electrons. The van der Waals surface area contributed by atoms with Crippen molar-refractivity contribution >= 4 is 27.1 Å². The van der Waals surface area contributed by atoms with Gasteiger partial charge in [-0.15, -0.1) is 0 Å². The topological polar surface area (TPSA) is 110 Å². The third kappa shape index (κ3) is 4.31. The number of rotatable bonds is 5. The Labute approximate surface area is 165 Å². The lowest BCUT2D eigenvalue weighted by molar-refractivity contribution is -0.384. The van der Waals surface area contributed by atoms with Crippen molar-refractivity contribution in [2.45, 2.75) is 48.5 Å². The van der Waals surface area contributed by atoms with Crippen LogP contribution in [0.4, 0.5) is 24.5 Å². The van der Waals surface area contributed by atoms with Crippen LogP contribution in [0, 0.1) is 16.0 Å². The number of alkyl halides is 3. The summed E-state index contributed by atoms with van der Waals surface area (Å²) in [5.74, 6) is 0.0721. The smallest absolute Gasteiger partial charge is 0.375 e. The number of sulfone groups is 1.